The van der Waals surface area contributed by atoms with Crippen molar-refractivity contribution in [3.05, 3.63) is 0 Å². The maximum absolute atomic E-state index is 9.43. The van der Waals surface area contributed by atoms with Gasteiger partial charge in [0, 0.05) is 0 Å². The van der Waals surface area contributed by atoms with E-state index in [1.807, 2.05) is 0 Å². The van der Waals surface area contributed by atoms with Gasteiger partial charge in [0.2, 0.25) is 0 Å². The fraction of sp³-hybridized carbons (Fsp3) is 1.00. The zero-order valence-corrected chi connectivity index (χ0v) is 9.51. The van der Waals surface area contributed by atoms with Crippen molar-refractivity contribution in [2.75, 3.05) is 0 Å². The van der Waals surface area contributed by atoms with Crippen molar-refractivity contribution in [3.63, 3.8) is 0 Å². The summed E-state index contributed by atoms with van der Waals surface area (Å²) in [6.45, 7) is 9.37. The van der Waals surface area contributed by atoms with Gasteiger partial charge in [-0.3, -0.25) is 0 Å². The van der Waals surface area contributed by atoms with E-state index in [2.05, 4.69) is 27.7 Å². The summed E-state index contributed by atoms with van der Waals surface area (Å²) in [5, 5.41) is 9.43. The molecular formula is C12H24O. The van der Waals surface area contributed by atoms with Crippen LogP contribution in [0.2, 0.25) is 0 Å². The Bertz CT molecular complexity index is 153. The summed E-state index contributed by atoms with van der Waals surface area (Å²) in [6, 6.07) is 0. The lowest BCUT2D eigenvalue weighted by Crippen LogP contribution is -2.33. The van der Waals surface area contributed by atoms with Crippen LogP contribution in [-0.4, -0.2) is 11.2 Å². The van der Waals surface area contributed by atoms with Crippen LogP contribution in [0.4, 0.5) is 0 Å². The van der Waals surface area contributed by atoms with E-state index in [9.17, 15) is 5.11 Å². The molecule has 0 aliphatic heterocycles. The maximum Gasteiger partial charge on any atom is 0.0540 e. The van der Waals surface area contributed by atoms with Crippen molar-refractivity contribution in [1.82, 2.24) is 0 Å². The Morgan fingerprint density at radius 2 is 1.54 bits per heavy atom. The minimum Gasteiger partial charge on any atom is -0.393 e. The molecular weight excluding hydrogens is 160 g/mol. The molecule has 1 aliphatic rings. The molecule has 0 amide bonds. The zero-order valence-electron chi connectivity index (χ0n) is 9.51. The lowest BCUT2D eigenvalue weighted by atomic mass is 9.65. The minimum atomic E-state index is -0.0146. The molecule has 0 radical (unpaired) electrons. The van der Waals surface area contributed by atoms with Gasteiger partial charge in [0.05, 0.1) is 6.10 Å². The van der Waals surface area contributed by atoms with Crippen LogP contribution in [0.3, 0.4) is 0 Å². The molecule has 1 N–H and O–H groups in total. The smallest absolute Gasteiger partial charge is 0.0540 e. The van der Waals surface area contributed by atoms with Crippen LogP contribution in [0.5, 0.6) is 0 Å². The number of aliphatic hydroxyl groups is 1. The topological polar surface area (TPSA) is 20.2 Å². The molecule has 0 unspecified atom stereocenters. The van der Waals surface area contributed by atoms with Crippen LogP contribution in [0.25, 0.3) is 0 Å². The van der Waals surface area contributed by atoms with Crippen molar-refractivity contribution in [2.24, 2.45) is 17.3 Å². The molecule has 1 saturated carbocycles. The van der Waals surface area contributed by atoms with Crippen molar-refractivity contribution in [1.29, 1.82) is 0 Å². The van der Waals surface area contributed by atoms with Crippen molar-refractivity contribution < 1.29 is 5.11 Å². The third kappa shape index (κ3) is 2.46. The van der Waals surface area contributed by atoms with Crippen LogP contribution >= 0.6 is 0 Å². The first kappa shape index (κ1) is 11.0. The van der Waals surface area contributed by atoms with E-state index in [0.29, 0.717) is 5.41 Å². The first-order valence-corrected chi connectivity index (χ1v) is 5.62. The molecule has 0 aromatic heterocycles. The number of aliphatic hydroxyl groups excluding tert-OH is 1. The molecule has 1 rings (SSSR count). The van der Waals surface area contributed by atoms with Gasteiger partial charge in [-0.25, -0.2) is 0 Å². The fourth-order valence-corrected chi connectivity index (χ4v) is 2.29. The highest BCUT2D eigenvalue weighted by molar-refractivity contribution is 4.85. The Hall–Kier alpha value is -0.0400. The Morgan fingerprint density at radius 1 is 1.08 bits per heavy atom. The Balaban J connectivity index is 2.52. The molecule has 1 nitrogen and oxygen atoms in total. The lowest BCUT2D eigenvalue weighted by Gasteiger charge is -2.41. The van der Waals surface area contributed by atoms with Crippen LogP contribution in [0.1, 0.15) is 53.4 Å². The van der Waals surface area contributed by atoms with Crippen LogP contribution < -0.4 is 0 Å². The fourth-order valence-electron chi connectivity index (χ4n) is 2.29. The summed E-state index contributed by atoms with van der Waals surface area (Å²) >= 11 is 0. The minimum absolute atomic E-state index is 0.0146. The highest BCUT2D eigenvalue weighted by Crippen LogP contribution is 2.42. The molecule has 0 aromatic rings. The molecule has 0 aromatic carbocycles. The van der Waals surface area contributed by atoms with E-state index in [0.717, 1.165) is 24.7 Å². The first-order valence-electron chi connectivity index (χ1n) is 5.62. The number of rotatable bonds is 2. The maximum atomic E-state index is 9.43. The highest BCUT2D eigenvalue weighted by atomic mass is 16.3. The van der Waals surface area contributed by atoms with E-state index < -0.39 is 0 Å². The van der Waals surface area contributed by atoms with Gasteiger partial charge >= 0.3 is 0 Å². The van der Waals surface area contributed by atoms with E-state index in [1.54, 1.807) is 0 Å². The third-order valence-corrected chi connectivity index (χ3v) is 4.24. The molecule has 1 heteroatoms. The Labute approximate surface area is 82.5 Å². The van der Waals surface area contributed by atoms with Gasteiger partial charge < -0.3 is 5.11 Å². The second-order valence-corrected chi connectivity index (χ2v) is 5.48. The number of hydrogen-bond acceptors (Lipinski definition) is 1. The molecule has 0 atom stereocenters. The molecule has 78 valence electrons. The average Bonchev–Trinajstić information content (AvgIpc) is 2.04. The monoisotopic (exact) mass is 184 g/mol. The van der Waals surface area contributed by atoms with Crippen molar-refractivity contribution >= 4 is 0 Å². The molecule has 0 spiro atoms. The number of hydrogen-bond donors (Lipinski definition) is 1. The quantitative estimate of drug-likeness (QED) is 0.698. The molecule has 1 fully saturated rings. The van der Waals surface area contributed by atoms with E-state index >= 15 is 0 Å². The largest absolute Gasteiger partial charge is 0.393 e. The molecule has 0 heterocycles. The predicted octanol–water partition coefficient (Wildman–Crippen LogP) is 3.22. The van der Waals surface area contributed by atoms with Gasteiger partial charge in [0.1, 0.15) is 0 Å². The van der Waals surface area contributed by atoms with Crippen LogP contribution in [0.15, 0.2) is 0 Å². The highest BCUT2D eigenvalue weighted by Gasteiger charge is 2.34. The van der Waals surface area contributed by atoms with Gasteiger partial charge in [-0.05, 0) is 42.9 Å². The zero-order chi connectivity index (χ0) is 10.1. The summed E-state index contributed by atoms with van der Waals surface area (Å²) in [6.07, 6.45) is 4.44. The second-order valence-electron chi connectivity index (χ2n) is 5.48. The molecule has 0 saturated heterocycles. The average molecular weight is 184 g/mol. The van der Waals surface area contributed by atoms with Gasteiger partial charge in [-0.2, -0.15) is 0 Å². The third-order valence-electron chi connectivity index (χ3n) is 4.24. The van der Waals surface area contributed by atoms with Gasteiger partial charge in [-0.15, -0.1) is 0 Å². The molecule has 13 heavy (non-hydrogen) atoms. The summed E-state index contributed by atoms with van der Waals surface area (Å²) in [5.74, 6) is 1.56. The Kier molecular flexibility index (Phi) is 3.39. The van der Waals surface area contributed by atoms with Crippen LogP contribution in [-0.2, 0) is 0 Å². The lowest BCUT2D eigenvalue weighted by molar-refractivity contribution is 0.0434. The predicted molar refractivity (Wildman–Crippen MR) is 56.6 cm³/mol. The molecule has 1 aliphatic carbocycles. The standard InChI is InChI=1S/C12H24O/c1-9(2)12(3,4)10-5-7-11(13)8-6-10/h9-11,13H,5-8H2,1-4H3. The summed E-state index contributed by atoms with van der Waals surface area (Å²) in [5.41, 5.74) is 0.445. The van der Waals surface area contributed by atoms with Crippen molar-refractivity contribution in [3.8, 4) is 0 Å². The molecule has 0 bridgehead atoms. The van der Waals surface area contributed by atoms with Gasteiger partial charge in [-0.1, -0.05) is 27.7 Å². The van der Waals surface area contributed by atoms with E-state index in [1.165, 1.54) is 12.8 Å². The van der Waals surface area contributed by atoms with Crippen LogP contribution in [0, 0.1) is 17.3 Å². The summed E-state index contributed by atoms with van der Waals surface area (Å²) < 4.78 is 0. The van der Waals surface area contributed by atoms with Gasteiger partial charge in [0.25, 0.3) is 0 Å². The summed E-state index contributed by atoms with van der Waals surface area (Å²) in [4.78, 5) is 0. The second kappa shape index (κ2) is 4.00. The normalized spacial score (nSPS) is 30.9. The SMILES string of the molecule is CC(C)C(C)(C)C1CCC(O)CC1. The summed E-state index contributed by atoms with van der Waals surface area (Å²) in [7, 11) is 0. The first-order chi connectivity index (χ1) is 5.94. The van der Waals surface area contributed by atoms with Gasteiger partial charge in [0.15, 0.2) is 0 Å². The van der Waals surface area contributed by atoms with Crippen molar-refractivity contribution in [2.45, 2.75) is 59.5 Å². The van der Waals surface area contributed by atoms with E-state index in [4.69, 9.17) is 0 Å². The van der Waals surface area contributed by atoms with E-state index in [-0.39, 0.29) is 6.10 Å². The Morgan fingerprint density at radius 3 is 1.92 bits per heavy atom.